The molecule has 0 radical (unpaired) electrons. The lowest BCUT2D eigenvalue weighted by Crippen LogP contribution is -2.60. The molecule has 0 bridgehead atoms. The van der Waals surface area contributed by atoms with E-state index in [4.69, 9.17) is 9.84 Å². The molecule has 0 aliphatic carbocycles. The number of hydrogen-bond donors (Lipinski definition) is 2. The molecule has 0 aromatic heterocycles. The van der Waals surface area contributed by atoms with Gasteiger partial charge >= 0.3 is 5.97 Å². The Kier molecular flexibility index (Phi) is 4.26. The molecular weight excluding hydrogens is 262 g/mol. The molecule has 1 aromatic rings. The van der Waals surface area contributed by atoms with Crippen molar-refractivity contribution in [2.45, 2.75) is 12.0 Å². The molecule has 1 aliphatic heterocycles. The van der Waals surface area contributed by atoms with Crippen LogP contribution >= 0.6 is 0 Å². The highest BCUT2D eigenvalue weighted by molar-refractivity contribution is 6.20. The predicted molar refractivity (Wildman–Crippen MR) is 69.6 cm³/mol. The topological polar surface area (TPSA) is 92.7 Å². The molecule has 106 valence electrons. The van der Waals surface area contributed by atoms with Gasteiger partial charge in [0.25, 0.3) is 0 Å². The van der Waals surface area contributed by atoms with Crippen LogP contribution < -0.4 is 5.32 Å². The number of aliphatic carboxylic acids is 1. The molecule has 6 nitrogen and oxygen atoms in total. The number of rotatable bonds is 5. The highest BCUT2D eigenvalue weighted by Crippen LogP contribution is 2.22. The second-order valence-corrected chi connectivity index (χ2v) is 4.54. The minimum atomic E-state index is -1.74. The summed E-state index contributed by atoms with van der Waals surface area (Å²) in [5.41, 5.74) is -1.41. The minimum Gasteiger partial charge on any atom is -0.481 e. The van der Waals surface area contributed by atoms with Gasteiger partial charge in [0.05, 0.1) is 6.61 Å². The van der Waals surface area contributed by atoms with E-state index in [-0.39, 0.29) is 13.2 Å². The predicted octanol–water partition coefficient (Wildman–Crippen LogP) is 0.272. The van der Waals surface area contributed by atoms with E-state index >= 15 is 0 Å². The largest absolute Gasteiger partial charge is 0.481 e. The van der Waals surface area contributed by atoms with Gasteiger partial charge in [-0.2, -0.15) is 0 Å². The van der Waals surface area contributed by atoms with E-state index in [1.165, 1.54) is 0 Å². The molecule has 0 saturated carbocycles. The van der Waals surface area contributed by atoms with E-state index in [1.54, 1.807) is 30.3 Å². The van der Waals surface area contributed by atoms with Gasteiger partial charge < -0.3 is 15.2 Å². The number of carbonyl (C=O) groups is 3. The van der Waals surface area contributed by atoms with Crippen molar-refractivity contribution >= 4 is 17.5 Å². The molecule has 6 heteroatoms. The summed E-state index contributed by atoms with van der Waals surface area (Å²) in [6.45, 7) is 0.695. The average Bonchev–Trinajstić information content (AvgIpc) is 2.47. The van der Waals surface area contributed by atoms with Crippen molar-refractivity contribution in [2.24, 2.45) is 0 Å². The third kappa shape index (κ3) is 2.76. The highest BCUT2D eigenvalue weighted by Gasteiger charge is 2.48. The van der Waals surface area contributed by atoms with Crippen LogP contribution in [0.5, 0.6) is 0 Å². The SMILES string of the molecule is O=C(O)CC(=O)C1(C(=O)c2ccccc2)CNCCO1. The number of Topliss-reactive ketones (excluding diaryl/α,β-unsaturated/α-hetero) is 2. The summed E-state index contributed by atoms with van der Waals surface area (Å²) in [7, 11) is 0. The lowest BCUT2D eigenvalue weighted by Gasteiger charge is -2.34. The fourth-order valence-corrected chi connectivity index (χ4v) is 2.17. The van der Waals surface area contributed by atoms with E-state index in [0.29, 0.717) is 12.1 Å². The van der Waals surface area contributed by atoms with Crippen LogP contribution in [0.25, 0.3) is 0 Å². The van der Waals surface area contributed by atoms with Crippen molar-refractivity contribution in [2.75, 3.05) is 19.7 Å². The van der Waals surface area contributed by atoms with Crippen LogP contribution in [0.1, 0.15) is 16.8 Å². The van der Waals surface area contributed by atoms with Gasteiger partial charge in [-0.3, -0.25) is 14.4 Å². The van der Waals surface area contributed by atoms with Crippen LogP contribution in [0.2, 0.25) is 0 Å². The first-order chi connectivity index (χ1) is 9.56. The monoisotopic (exact) mass is 277 g/mol. The summed E-state index contributed by atoms with van der Waals surface area (Å²) in [6, 6.07) is 8.27. The van der Waals surface area contributed by atoms with Crippen LogP contribution in [0.4, 0.5) is 0 Å². The standard InChI is InChI=1S/C14H15NO5/c16-11(8-12(17)18)14(9-15-6-7-20-14)13(19)10-4-2-1-3-5-10/h1-5,15H,6-9H2,(H,17,18). The zero-order valence-electron chi connectivity index (χ0n) is 10.8. The number of nitrogens with one attached hydrogen (secondary N) is 1. The molecule has 2 rings (SSSR count). The van der Waals surface area contributed by atoms with Gasteiger partial charge in [-0.05, 0) is 0 Å². The summed E-state index contributed by atoms with van der Waals surface area (Å²) in [5.74, 6) is -2.51. The van der Waals surface area contributed by atoms with Crippen molar-refractivity contribution < 1.29 is 24.2 Å². The van der Waals surface area contributed by atoms with E-state index in [9.17, 15) is 14.4 Å². The van der Waals surface area contributed by atoms with Gasteiger partial charge in [-0.1, -0.05) is 30.3 Å². The van der Waals surface area contributed by atoms with Gasteiger partial charge in [0.1, 0.15) is 6.42 Å². The number of benzene rings is 1. The molecule has 1 aromatic carbocycles. The number of morpholine rings is 1. The number of ether oxygens (including phenoxy) is 1. The van der Waals surface area contributed by atoms with E-state index < -0.39 is 29.6 Å². The van der Waals surface area contributed by atoms with Crippen molar-refractivity contribution in [1.29, 1.82) is 0 Å². The summed E-state index contributed by atoms with van der Waals surface area (Å²) in [5, 5.41) is 11.7. The summed E-state index contributed by atoms with van der Waals surface area (Å²) in [6.07, 6.45) is -0.736. The third-order valence-corrected chi connectivity index (χ3v) is 3.17. The molecule has 0 amide bonds. The number of carboxylic acids is 1. The van der Waals surface area contributed by atoms with E-state index in [0.717, 1.165) is 0 Å². The smallest absolute Gasteiger partial charge is 0.311 e. The van der Waals surface area contributed by atoms with Crippen LogP contribution in [0.15, 0.2) is 30.3 Å². The number of carboxylic acid groups (broad SMARTS) is 1. The van der Waals surface area contributed by atoms with Gasteiger partial charge in [-0.25, -0.2) is 0 Å². The first kappa shape index (κ1) is 14.4. The van der Waals surface area contributed by atoms with Gasteiger partial charge in [0.15, 0.2) is 5.78 Å². The molecule has 20 heavy (non-hydrogen) atoms. The van der Waals surface area contributed by atoms with E-state index in [2.05, 4.69) is 5.32 Å². The molecular formula is C14H15NO5. The number of carbonyl (C=O) groups excluding carboxylic acids is 2. The fourth-order valence-electron chi connectivity index (χ4n) is 2.17. The van der Waals surface area contributed by atoms with Gasteiger partial charge in [-0.15, -0.1) is 0 Å². The highest BCUT2D eigenvalue weighted by atomic mass is 16.5. The summed E-state index contributed by atoms with van der Waals surface area (Å²) < 4.78 is 5.42. The molecule has 1 unspecified atom stereocenters. The zero-order chi connectivity index (χ0) is 14.6. The molecule has 1 heterocycles. The Morgan fingerprint density at radius 2 is 1.95 bits per heavy atom. The Bertz CT molecular complexity index is 520. The van der Waals surface area contributed by atoms with Crippen LogP contribution in [-0.2, 0) is 14.3 Å². The van der Waals surface area contributed by atoms with Crippen molar-refractivity contribution in [3.63, 3.8) is 0 Å². The first-order valence-corrected chi connectivity index (χ1v) is 6.26. The number of ketones is 2. The maximum atomic E-state index is 12.6. The van der Waals surface area contributed by atoms with Crippen LogP contribution in [-0.4, -0.2) is 47.9 Å². The van der Waals surface area contributed by atoms with Crippen molar-refractivity contribution in [3.8, 4) is 0 Å². The second-order valence-electron chi connectivity index (χ2n) is 4.54. The quantitative estimate of drug-likeness (QED) is 0.593. The lowest BCUT2D eigenvalue weighted by atomic mass is 9.86. The number of hydrogen-bond acceptors (Lipinski definition) is 5. The Hall–Kier alpha value is -2.05. The Morgan fingerprint density at radius 3 is 2.50 bits per heavy atom. The first-order valence-electron chi connectivity index (χ1n) is 6.26. The maximum absolute atomic E-state index is 12.6. The molecule has 1 atom stereocenters. The molecule has 1 saturated heterocycles. The fraction of sp³-hybridized carbons (Fsp3) is 0.357. The minimum absolute atomic E-state index is 0.00710. The zero-order valence-corrected chi connectivity index (χ0v) is 10.8. The molecule has 1 aliphatic rings. The third-order valence-electron chi connectivity index (χ3n) is 3.17. The van der Waals surface area contributed by atoms with Crippen LogP contribution in [0, 0.1) is 0 Å². The Labute approximate surface area is 115 Å². The second kappa shape index (κ2) is 5.94. The molecule has 2 N–H and O–H groups in total. The Balaban J connectivity index is 2.34. The average molecular weight is 277 g/mol. The summed E-state index contributed by atoms with van der Waals surface area (Å²) >= 11 is 0. The van der Waals surface area contributed by atoms with Crippen LogP contribution in [0.3, 0.4) is 0 Å². The molecule has 1 fully saturated rings. The Morgan fingerprint density at radius 1 is 1.25 bits per heavy atom. The van der Waals surface area contributed by atoms with Gasteiger partial charge in [0.2, 0.25) is 11.4 Å². The summed E-state index contributed by atoms with van der Waals surface area (Å²) in [4.78, 5) is 35.5. The van der Waals surface area contributed by atoms with Gasteiger partial charge in [0, 0.05) is 18.7 Å². The van der Waals surface area contributed by atoms with Crippen molar-refractivity contribution in [3.05, 3.63) is 35.9 Å². The van der Waals surface area contributed by atoms with E-state index in [1.807, 2.05) is 0 Å². The molecule has 0 spiro atoms. The van der Waals surface area contributed by atoms with Crippen molar-refractivity contribution in [1.82, 2.24) is 5.32 Å². The normalized spacial score (nSPS) is 22.2. The maximum Gasteiger partial charge on any atom is 0.311 e. The lowest BCUT2D eigenvalue weighted by molar-refractivity contribution is -0.149.